The average Bonchev–Trinajstić information content (AvgIpc) is 3.24. The Kier molecular flexibility index (Phi) is 8.26. The summed E-state index contributed by atoms with van der Waals surface area (Å²) in [6.45, 7) is 2.84. The number of nitriles is 1. The van der Waals surface area contributed by atoms with Gasteiger partial charge in [0.1, 0.15) is 17.4 Å². The number of benzene rings is 3. The first-order valence-electron chi connectivity index (χ1n) is 13.5. The van der Waals surface area contributed by atoms with Gasteiger partial charge in [0, 0.05) is 24.2 Å². The molecule has 0 radical (unpaired) electrons. The van der Waals surface area contributed by atoms with Crippen LogP contribution in [-0.4, -0.2) is 48.3 Å². The van der Waals surface area contributed by atoms with Crippen LogP contribution in [0, 0.1) is 18.4 Å². The van der Waals surface area contributed by atoms with Gasteiger partial charge in [-0.15, -0.1) is 0 Å². The molecule has 0 spiro atoms. The Bertz CT molecular complexity index is 1600. The topological polar surface area (TPSA) is 123 Å². The second kappa shape index (κ2) is 12.3. The maximum absolute atomic E-state index is 13.4. The van der Waals surface area contributed by atoms with Crippen molar-refractivity contribution in [1.82, 2.24) is 15.5 Å². The number of rotatable bonds is 7. The van der Waals surface area contributed by atoms with E-state index >= 15 is 0 Å². The van der Waals surface area contributed by atoms with Crippen molar-refractivity contribution in [2.24, 2.45) is 4.99 Å². The van der Waals surface area contributed by atoms with E-state index in [0.717, 1.165) is 35.1 Å². The monoisotopic (exact) mass is 536 g/mol. The van der Waals surface area contributed by atoms with E-state index in [0.29, 0.717) is 31.6 Å². The third-order valence-electron chi connectivity index (χ3n) is 7.00. The Labute approximate surface area is 232 Å². The van der Waals surface area contributed by atoms with Crippen LogP contribution in [-0.2, 0) is 16.0 Å². The number of carbonyl (C=O) groups excluding carboxylic acids is 2. The lowest BCUT2D eigenvalue weighted by atomic mass is 10.1. The standard InChI is InChI=1S/C31H32N6O3/c1-21-16-25-18-26(11-12-28(25)40-21)35-31(34-20-32)36-27-8-4-5-15-37(30(27)39)19-29(38)33-14-13-22-9-10-23-6-2-3-7-24(23)17-22/h2-3,6-7,9-12,16-18,27H,4-5,8,13-15,19H2,1H3,(H,33,38)(H2,34,35,36). The minimum atomic E-state index is -0.698. The molecule has 9 heteroatoms. The molecular formula is C31H32N6O3. The number of furan rings is 1. The molecule has 1 atom stereocenters. The van der Waals surface area contributed by atoms with Gasteiger partial charge in [0.2, 0.25) is 17.8 Å². The number of aliphatic imine (C=N–C) groups is 1. The van der Waals surface area contributed by atoms with Gasteiger partial charge in [0.25, 0.3) is 0 Å². The zero-order chi connectivity index (χ0) is 27.9. The molecule has 1 unspecified atom stereocenters. The summed E-state index contributed by atoms with van der Waals surface area (Å²) in [5.74, 6) is 0.568. The lowest BCUT2D eigenvalue weighted by Crippen LogP contribution is -2.44. The molecule has 204 valence electrons. The third kappa shape index (κ3) is 6.59. The summed E-state index contributed by atoms with van der Waals surface area (Å²) >= 11 is 0. The molecular weight excluding hydrogens is 504 g/mol. The normalized spacial score (nSPS) is 16.0. The molecule has 1 aliphatic rings. The van der Waals surface area contributed by atoms with Crippen molar-refractivity contribution in [3.8, 4) is 6.19 Å². The van der Waals surface area contributed by atoms with Crippen molar-refractivity contribution < 1.29 is 14.0 Å². The fraction of sp³-hybridized carbons (Fsp3) is 0.290. The van der Waals surface area contributed by atoms with Gasteiger partial charge in [-0.2, -0.15) is 5.26 Å². The molecule has 5 rings (SSSR count). The molecule has 40 heavy (non-hydrogen) atoms. The fourth-order valence-corrected chi connectivity index (χ4v) is 5.03. The summed E-state index contributed by atoms with van der Waals surface area (Å²) in [5.41, 5.74) is 2.62. The van der Waals surface area contributed by atoms with Crippen molar-refractivity contribution in [2.75, 3.05) is 25.0 Å². The molecule has 1 fully saturated rings. The number of nitrogens with one attached hydrogen (secondary N) is 3. The Morgan fingerprint density at radius 1 is 1.07 bits per heavy atom. The van der Waals surface area contributed by atoms with Gasteiger partial charge in [0.05, 0.1) is 6.54 Å². The van der Waals surface area contributed by atoms with Gasteiger partial charge < -0.3 is 20.0 Å². The van der Waals surface area contributed by atoms with Crippen molar-refractivity contribution >= 4 is 45.2 Å². The summed E-state index contributed by atoms with van der Waals surface area (Å²) in [5, 5.41) is 21.2. The number of likely N-dealkylation sites (tertiary alicyclic amines) is 1. The van der Waals surface area contributed by atoms with Gasteiger partial charge >= 0.3 is 0 Å². The summed E-state index contributed by atoms with van der Waals surface area (Å²) in [7, 11) is 0. The molecule has 3 aromatic carbocycles. The highest BCUT2D eigenvalue weighted by Crippen LogP contribution is 2.23. The summed E-state index contributed by atoms with van der Waals surface area (Å²) < 4.78 is 5.62. The van der Waals surface area contributed by atoms with Crippen LogP contribution in [0.3, 0.4) is 0 Å². The fourth-order valence-electron chi connectivity index (χ4n) is 5.03. The molecule has 2 heterocycles. The molecule has 2 amide bonds. The highest BCUT2D eigenvalue weighted by molar-refractivity contribution is 5.98. The SMILES string of the molecule is Cc1cc2cc(NC(=NC3CCCCN(CC(=O)NCCc4ccc5ccccc5c4)C3=O)NC#N)ccc2o1. The van der Waals surface area contributed by atoms with Crippen LogP contribution in [0.25, 0.3) is 21.7 Å². The molecule has 4 aromatic rings. The minimum absolute atomic E-state index is 0.0203. The predicted octanol–water partition coefficient (Wildman–Crippen LogP) is 4.47. The van der Waals surface area contributed by atoms with Gasteiger partial charge in [-0.1, -0.05) is 42.5 Å². The number of fused-ring (bicyclic) bond motifs is 2. The first-order chi connectivity index (χ1) is 19.5. The Morgan fingerprint density at radius 3 is 2.77 bits per heavy atom. The van der Waals surface area contributed by atoms with Crippen molar-refractivity contribution in [3.05, 3.63) is 78.1 Å². The van der Waals surface area contributed by atoms with Gasteiger partial charge in [-0.3, -0.25) is 14.9 Å². The molecule has 0 saturated carbocycles. The number of hydrogen-bond donors (Lipinski definition) is 3. The number of amides is 2. The van der Waals surface area contributed by atoms with Crippen molar-refractivity contribution in [1.29, 1.82) is 5.26 Å². The molecule has 0 bridgehead atoms. The van der Waals surface area contributed by atoms with E-state index in [-0.39, 0.29) is 24.3 Å². The van der Waals surface area contributed by atoms with Crippen molar-refractivity contribution in [3.63, 3.8) is 0 Å². The van der Waals surface area contributed by atoms with E-state index in [4.69, 9.17) is 4.42 Å². The first kappa shape index (κ1) is 26.8. The molecule has 1 aliphatic heterocycles. The number of hydrogen-bond acceptors (Lipinski definition) is 5. The summed E-state index contributed by atoms with van der Waals surface area (Å²) in [6, 6.07) is 21.3. The predicted molar refractivity (Wildman–Crippen MR) is 156 cm³/mol. The summed E-state index contributed by atoms with van der Waals surface area (Å²) in [6.07, 6.45) is 4.71. The molecule has 1 aromatic heterocycles. The third-order valence-corrected chi connectivity index (χ3v) is 7.00. The maximum atomic E-state index is 13.4. The lowest BCUT2D eigenvalue weighted by Gasteiger charge is -2.22. The number of guanidine groups is 1. The van der Waals surface area contributed by atoms with E-state index < -0.39 is 6.04 Å². The molecule has 0 aliphatic carbocycles. The van der Waals surface area contributed by atoms with Gasteiger partial charge in [0.15, 0.2) is 6.19 Å². The van der Waals surface area contributed by atoms with E-state index in [1.165, 1.54) is 10.8 Å². The lowest BCUT2D eigenvalue weighted by molar-refractivity contribution is -0.136. The van der Waals surface area contributed by atoms with E-state index in [1.807, 2.05) is 49.5 Å². The van der Waals surface area contributed by atoms with E-state index in [9.17, 15) is 14.9 Å². The largest absolute Gasteiger partial charge is 0.461 e. The molecule has 3 N–H and O–H groups in total. The van der Waals surface area contributed by atoms with Gasteiger partial charge in [-0.05, 0) is 73.2 Å². The minimum Gasteiger partial charge on any atom is -0.461 e. The zero-order valence-electron chi connectivity index (χ0n) is 22.4. The second-order valence-corrected chi connectivity index (χ2v) is 10.0. The van der Waals surface area contributed by atoms with Crippen LogP contribution in [0.5, 0.6) is 0 Å². The van der Waals surface area contributed by atoms with Gasteiger partial charge in [-0.25, -0.2) is 4.99 Å². The smallest absolute Gasteiger partial charge is 0.247 e. The second-order valence-electron chi connectivity index (χ2n) is 10.0. The molecule has 1 saturated heterocycles. The summed E-state index contributed by atoms with van der Waals surface area (Å²) in [4.78, 5) is 32.2. The number of carbonyl (C=O) groups is 2. The number of aryl methyl sites for hydroxylation is 1. The number of anilines is 1. The Morgan fingerprint density at radius 2 is 1.93 bits per heavy atom. The maximum Gasteiger partial charge on any atom is 0.247 e. The highest BCUT2D eigenvalue weighted by Gasteiger charge is 2.28. The average molecular weight is 537 g/mol. The van der Waals surface area contributed by atoms with Crippen LogP contribution in [0.2, 0.25) is 0 Å². The quantitative estimate of drug-likeness (QED) is 0.139. The van der Waals surface area contributed by atoms with Crippen LogP contribution < -0.4 is 16.0 Å². The van der Waals surface area contributed by atoms with Crippen molar-refractivity contribution in [2.45, 2.75) is 38.6 Å². The Hall–Kier alpha value is -4.84. The molecule has 9 nitrogen and oxygen atoms in total. The van der Waals surface area contributed by atoms with E-state index in [1.54, 1.807) is 4.90 Å². The Balaban J connectivity index is 1.19. The van der Waals surface area contributed by atoms with Crippen LogP contribution >= 0.6 is 0 Å². The zero-order valence-corrected chi connectivity index (χ0v) is 22.4. The number of nitrogens with zero attached hydrogens (tertiary/aromatic N) is 3. The van der Waals surface area contributed by atoms with Crippen LogP contribution in [0.4, 0.5) is 5.69 Å². The first-order valence-corrected chi connectivity index (χ1v) is 13.5. The van der Waals surface area contributed by atoms with Crippen LogP contribution in [0.15, 0.2) is 76.1 Å². The highest BCUT2D eigenvalue weighted by atomic mass is 16.3. The van der Waals surface area contributed by atoms with E-state index in [2.05, 4.69) is 51.3 Å². The van der Waals surface area contributed by atoms with Crippen LogP contribution in [0.1, 0.15) is 30.6 Å².